The minimum atomic E-state index is -0.656. The van der Waals surface area contributed by atoms with Crippen LogP contribution in [-0.2, 0) is 42.9 Å². The fourth-order valence-corrected chi connectivity index (χ4v) is 7.19. The van der Waals surface area contributed by atoms with Crippen LogP contribution in [-0.4, -0.2) is 66.9 Å². The normalized spacial score (nSPS) is 14.7. The summed E-state index contributed by atoms with van der Waals surface area (Å²) in [6.45, 7) is 35.8. The van der Waals surface area contributed by atoms with E-state index in [1.807, 2.05) is 48.5 Å². The van der Waals surface area contributed by atoms with Crippen LogP contribution in [0.4, 0.5) is 0 Å². The summed E-state index contributed by atoms with van der Waals surface area (Å²) in [5.41, 5.74) is -0.147. The predicted molar refractivity (Wildman–Crippen MR) is 277 cm³/mol. The second kappa shape index (κ2) is 39.0. The van der Waals surface area contributed by atoms with Gasteiger partial charge in [-0.2, -0.15) is 0 Å². The van der Waals surface area contributed by atoms with Crippen LogP contribution < -0.4 is 0 Å². The molecule has 1 aliphatic carbocycles. The van der Waals surface area contributed by atoms with E-state index < -0.39 is 11.6 Å². The minimum absolute atomic E-state index is 0. The maximum atomic E-state index is 12.0. The van der Waals surface area contributed by atoms with Gasteiger partial charge in [0.05, 0.1) is 26.4 Å². The van der Waals surface area contributed by atoms with Crippen molar-refractivity contribution in [2.45, 2.75) is 271 Å². The van der Waals surface area contributed by atoms with E-state index in [9.17, 15) is 24.0 Å². The predicted octanol–water partition coefficient (Wildman–Crippen LogP) is 15.5. The zero-order chi connectivity index (χ0) is 50.1. The number of ether oxygens (including phenoxy) is 4. The summed E-state index contributed by atoms with van der Waals surface area (Å²) in [5.74, 6) is 2.75. The lowest BCUT2D eigenvalue weighted by atomic mass is 9.86. The number of hydrogen-bond acceptors (Lipinski definition) is 9. The second-order valence-electron chi connectivity index (χ2n) is 22.3. The zero-order valence-electron chi connectivity index (χ0n) is 45.5. The quantitative estimate of drug-likeness (QED) is 0.0451. The molecular weight excluding hydrogens is 829 g/mol. The second-order valence-corrected chi connectivity index (χ2v) is 22.3. The summed E-state index contributed by atoms with van der Waals surface area (Å²) < 4.78 is 24.6. The molecule has 1 fully saturated rings. The lowest BCUT2D eigenvalue weighted by Gasteiger charge is -2.41. The van der Waals surface area contributed by atoms with Crippen molar-refractivity contribution in [3.63, 3.8) is 0 Å². The Morgan fingerprint density at radius 1 is 0.424 bits per heavy atom. The van der Waals surface area contributed by atoms with Crippen molar-refractivity contribution in [3.05, 3.63) is 0 Å². The molecule has 9 nitrogen and oxygen atoms in total. The molecule has 1 atom stereocenters. The molecule has 1 saturated carbocycles. The number of carbonyl (C=O) groups is 5. The standard InChI is InChI=1S/C23H42O4.C23H44O4.C10H20O.CH4/c1-19(2)11-9-17-26-23(15-6-5-7-16-23)27-18-10-13-21(24)12-8-14-22(25)20(3)4;1-18(2)12-10-16-26-23(8,22(5,6)7)27-17-11-14-20(24)13-9-15-21(25)19(3)4;1-8(2)6-5-7-10(11)9(3)4;/h19-20H,5-18H2,1-4H3;18-19H,9-17H2,1-8H3;8-9H,5-7H2,1-4H3;1H4. The van der Waals surface area contributed by atoms with Crippen molar-refractivity contribution in [3.8, 4) is 0 Å². The molecule has 1 aliphatic rings. The number of Topliss-reactive ketones (excluding diaryl/α,β-unsaturated/α-hetero) is 5. The van der Waals surface area contributed by atoms with Crippen molar-refractivity contribution in [2.75, 3.05) is 26.4 Å². The Hall–Kier alpha value is -1.81. The Kier molecular flexibility index (Phi) is 40.4. The van der Waals surface area contributed by atoms with E-state index in [2.05, 4.69) is 62.3 Å². The number of rotatable bonds is 35. The smallest absolute Gasteiger partial charge is 0.170 e. The largest absolute Gasteiger partial charge is 0.350 e. The Balaban J connectivity index is -0.000000971. The average Bonchev–Trinajstić information content (AvgIpc) is 3.21. The number of ketones is 5. The summed E-state index contributed by atoms with van der Waals surface area (Å²) >= 11 is 0. The average molecular weight is 939 g/mol. The zero-order valence-corrected chi connectivity index (χ0v) is 45.5. The van der Waals surface area contributed by atoms with Gasteiger partial charge in [-0.1, -0.05) is 124 Å². The highest BCUT2D eigenvalue weighted by molar-refractivity contribution is 5.83. The van der Waals surface area contributed by atoms with Gasteiger partial charge in [-0.05, 0) is 95.3 Å². The lowest BCUT2D eigenvalue weighted by molar-refractivity contribution is -0.278. The first-order chi connectivity index (χ1) is 30.3. The Morgan fingerprint density at radius 3 is 1.12 bits per heavy atom. The highest BCUT2D eigenvalue weighted by atomic mass is 16.7. The van der Waals surface area contributed by atoms with Crippen LogP contribution in [0.15, 0.2) is 0 Å². The molecule has 9 heteroatoms. The van der Waals surface area contributed by atoms with Crippen molar-refractivity contribution < 1.29 is 42.9 Å². The van der Waals surface area contributed by atoms with E-state index in [1.165, 1.54) is 19.3 Å². The van der Waals surface area contributed by atoms with Gasteiger partial charge in [0.1, 0.15) is 28.9 Å². The van der Waals surface area contributed by atoms with E-state index in [-0.39, 0.29) is 53.7 Å². The highest BCUT2D eigenvalue weighted by Gasteiger charge is 2.39. The molecule has 0 aromatic carbocycles. The highest BCUT2D eigenvalue weighted by Crippen LogP contribution is 2.36. The van der Waals surface area contributed by atoms with Crippen molar-refractivity contribution in [2.24, 2.45) is 40.9 Å². The van der Waals surface area contributed by atoms with Gasteiger partial charge in [-0.15, -0.1) is 0 Å². The maximum absolute atomic E-state index is 12.0. The van der Waals surface area contributed by atoms with Crippen molar-refractivity contribution in [1.82, 2.24) is 0 Å². The van der Waals surface area contributed by atoms with Crippen molar-refractivity contribution >= 4 is 28.9 Å². The minimum Gasteiger partial charge on any atom is -0.350 e. The van der Waals surface area contributed by atoms with Gasteiger partial charge in [0, 0.05) is 81.0 Å². The molecule has 0 radical (unpaired) electrons. The van der Waals surface area contributed by atoms with Crippen LogP contribution >= 0.6 is 0 Å². The van der Waals surface area contributed by atoms with Crippen LogP contribution in [0.3, 0.4) is 0 Å². The van der Waals surface area contributed by atoms with Gasteiger partial charge in [-0.3, -0.25) is 24.0 Å². The number of carbonyl (C=O) groups excluding carboxylic acids is 5. The topological polar surface area (TPSA) is 122 Å². The Morgan fingerprint density at radius 2 is 0.742 bits per heavy atom. The Labute approximate surface area is 408 Å². The maximum Gasteiger partial charge on any atom is 0.170 e. The van der Waals surface area contributed by atoms with Crippen LogP contribution in [0.5, 0.6) is 0 Å². The third kappa shape index (κ3) is 37.1. The SMILES string of the molecule is C.CC(C)CCCC(=O)C(C)C.CC(C)CCCOC(C)(OCCCC(=O)CCCC(=O)C(C)C)C(C)(C)C.CC(C)CCCOC1(OCCCC(=O)CCCC(=O)C(C)C)CCCCC1. The van der Waals surface area contributed by atoms with Crippen LogP contribution in [0.2, 0.25) is 0 Å². The lowest BCUT2D eigenvalue weighted by Crippen LogP contribution is -2.45. The van der Waals surface area contributed by atoms with Gasteiger partial charge in [0.15, 0.2) is 11.6 Å². The molecule has 0 spiro atoms. The third-order valence-corrected chi connectivity index (χ3v) is 12.4. The van der Waals surface area contributed by atoms with Gasteiger partial charge < -0.3 is 18.9 Å². The first kappa shape index (κ1) is 68.5. The molecule has 392 valence electrons. The molecule has 0 aromatic heterocycles. The van der Waals surface area contributed by atoms with Gasteiger partial charge >= 0.3 is 0 Å². The van der Waals surface area contributed by atoms with Gasteiger partial charge in [0.2, 0.25) is 0 Å². The van der Waals surface area contributed by atoms with Crippen LogP contribution in [0.25, 0.3) is 0 Å². The molecule has 1 unspecified atom stereocenters. The molecule has 0 heterocycles. The number of hydrogen-bond donors (Lipinski definition) is 0. The molecule has 1 rings (SSSR count). The van der Waals surface area contributed by atoms with Crippen molar-refractivity contribution in [1.29, 1.82) is 0 Å². The molecule has 0 aromatic rings. The Bertz CT molecular complexity index is 1250. The molecule has 0 amide bonds. The third-order valence-electron chi connectivity index (χ3n) is 12.4. The molecule has 0 saturated heterocycles. The summed E-state index contributed by atoms with van der Waals surface area (Å²) in [6.07, 6.45) is 18.8. The van der Waals surface area contributed by atoms with Crippen LogP contribution in [0.1, 0.15) is 259 Å². The fourth-order valence-electron chi connectivity index (χ4n) is 7.19. The van der Waals surface area contributed by atoms with E-state index in [1.54, 1.807) is 0 Å². The van der Waals surface area contributed by atoms with E-state index >= 15 is 0 Å². The van der Waals surface area contributed by atoms with Crippen LogP contribution in [0, 0.1) is 40.9 Å². The molecule has 66 heavy (non-hydrogen) atoms. The fraction of sp³-hybridized carbons (Fsp3) is 0.912. The van der Waals surface area contributed by atoms with Gasteiger partial charge in [-0.25, -0.2) is 0 Å². The summed E-state index contributed by atoms with van der Waals surface area (Å²) in [4.78, 5) is 58.3. The van der Waals surface area contributed by atoms with E-state index in [4.69, 9.17) is 18.9 Å². The van der Waals surface area contributed by atoms with E-state index in [0.717, 1.165) is 76.7 Å². The molecule has 0 N–H and O–H groups in total. The monoisotopic (exact) mass is 939 g/mol. The molecular formula is C57H110O9. The molecule has 0 aliphatic heterocycles. The summed E-state index contributed by atoms with van der Waals surface area (Å²) in [6, 6.07) is 0. The summed E-state index contributed by atoms with van der Waals surface area (Å²) in [5, 5.41) is 0. The van der Waals surface area contributed by atoms with Gasteiger partial charge in [0.25, 0.3) is 0 Å². The summed E-state index contributed by atoms with van der Waals surface area (Å²) in [7, 11) is 0. The first-order valence-corrected chi connectivity index (χ1v) is 26.4. The van der Waals surface area contributed by atoms with E-state index in [0.29, 0.717) is 95.2 Å². The molecule has 0 bridgehead atoms. The first-order valence-electron chi connectivity index (χ1n) is 26.4.